The van der Waals surface area contributed by atoms with E-state index in [-0.39, 0.29) is 0 Å². The predicted octanol–water partition coefficient (Wildman–Crippen LogP) is 3.45. The molecule has 1 aliphatic rings. The standard InChI is InChI=1S/C12H17N/c1-5-12-11(10(3)4)8-7-9-13(12)6-2/h5-10H,2H2,1,3-4H3/b12-5-. The molecule has 0 aromatic heterocycles. The molecular formula is C12H17N. The van der Waals surface area contributed by atoms with Gasteiger partial charge in [0, 0.05) is 18.1 Å². The normalized spacial score (nSPS) is 19.5. The minimum atomic E-state index is 0.554. The highest BCUT2D eigenvalue weighted by molar-refractivity contribution is 5.39. The summed E-state index contributed by atoms with van der Waals surface area (Å²) in [4.78, 5) is 2.05. The smallest absolute Gasteiger partial charge is 0.0441 e. The number of hydrogen-bond donors (Lipinski definition) is 0. The third-order valence-corrected chi connectivity index (χ3v) is 2.19. The molecule has 0 N–H and O–H groups in total. The Morgan fingerprint density at radius 2 is 2.15 bits per heavy atom. The van der Waals surface area contributed by atoms with Crippen molar-refractivity contribution < 1.29 is 0 Å². The Hall–Kier alpha value is -1.24. The van der Waals surface area contributed by atoms with Crippen LogP contribution in [0.3, 0.4) is 0 Å². The lowest BCUT2D eigenvalue weighted by molar-refractivity contribution is 0.597. The topological polar surface area (TPSA) is 3.24 Å². The molecule has 0 spiro atoms. The Balaban J connectivity index is 3.02. The fraction of sp³-hybridized carbons (Fsp3) is 0.333. The number of rotatable bonds is 2. The fourth-order valence-corrected chi connectivity index (χ4v) is 1.52. The second-order valence-electron chi connectivity index (χ2n) is 3.38. The lowest BCUT2D eigenvalue weighted by atomic mass is 9.97. The van der Waals surface area contributed by atoms with Gasteiger partial charge in [0.05, 0.1) is 0 Å². The molecule has 13 heavy (non-hydrogen) atoms. The summed E-state index contributed by atoms with van der Waals surface area (Å²) in [7, 11) is 0. The van der Waals surface area contributed by atoms with Crippen LogP contribution in [0, 0.1) is 5.92 Å². The average molecular weight is 175 g/mol. The minimum absolute atomic E-state index is 0.554. The summed E-state index contributed by atoms with van der Waals surface area (Å²) < 4.78 is 0. The van der Waals surface area contributed by atoms with Crippen LogP contribution in [0.1, 0.15) is 20.8 Å². The zero-order chi connectivity index (χ0) is 9.84. The van der Waals surface area contributed by atoms with E-state index in [1.807, 2.05) is 12.4 Å². The van der Waals surface area contributed by atoms with Crippen LogP contribution in [0.25, 0.3) is 0 Å². The Kier molecular flexibility index (Phi) is 3.13. The van der Waals surface area contributed by atoms with E-state index in [9.17, 15) is 0 Å². The zero-order valence-electron chi connectivity index (χ0n) is 8.62. The Bertz CT molecular complexity index is 279. The molecule has 0 fully saturated rings. The highest BCUT2D eigenvalue weighted by Crippen LogP contribution is 2.26. The van der Waals surface area contributed by atoms with E-state index in [1.165, 1.54) is 11.3 Å². The first-order valence-electron chi connectivity index (χ1n) is 4.66. The lowest BCUT2D eigenvalue weighted by Gasteiger charge is -2.26. The van der Waals surface area contributed by atoms with Crippen molar-refractivity contribution in [2.45, 2.75) is 20.8 Å². The van der Waals surface area contributed by atoms with E-state index in [2.05, 4.69) is 50.5 Å². The van der Waals surface area contributed by atoms with Crippen LogP contribution >= 0.6 is 0 Å². The van der Waals surface area contributed by atoms with Crippen molar-refractivity contribution in [2.24, 2.45) is 5.92 Å². The van der Waals surface area contributed by atoms with Crippen molar-refractivity contribution in [3.63, 3.8) is 0 Å². The van der Waals surface area contributed by atoms with Crippen LogP contribution in [0.4, 0.5) is 0 Å². The van der Waals surface area contributed by atoms with Gasteiger partial charge in [0.25, 0.3) is 0 Å². The number of allylic oxidation sites excluding steroid dienone is 4. The van der Waals surface area contributed by atoms with Gasteiger partial charge in [-0.15, -0.1) is 0 Å². The van der Waals surface area contributed by atoms with Gasteiger partial charge in [0.2, 0.25) is 0 Å². The van der Waals surface area contributed by atoms with Crippen molar-refractivity contribution in [3.05, 3.63) is 48.5 Å². The van der Waals surface area contributed by atoms with Gasteiger partial charge < -0.3 is 4.90 Å². The molecule has 1 heteroatoms. The summed E-state index contributed by atoms with van der Waals surface area (Å²) in [6.07, 6.45) is 10.2. The van der Waals surface area contributed by atoms with Crippen LogP contribution in [-0.2, 0) is 0 Å². The lowest BCUT2D eigenvalue weighted by Crippen LogP contribution is -2.16. The Morgan fingerprint density at radius 1 is 1.46 bits per heavy atom. The maximum absolute atomic E-state index is 3.78. The molecule has 0 aromatic rings. The van der Waals surface area contributed by atoms with E-state index in [0.717, 1.165) is 0 Å². The first-order chi connectivity index (χ1) is 6.20. The average Bonchev–Trinajstić information content (AvgIpc) is 2.16. The summed E-state index contributed by atoms with van der Waals surface area (Å²) in [5.74, 6) is 0.554. The molecule has 0 aliphatic carbocycles. The molecule has 1 heterocycles. The fourth-order valence-electron chi connectivity index (χ4n) is 1.52. The molecule has 70 valence electrons. The van der Waals surface area contributed by atoms with Gasteiger partial charge in [-0.3, -0.25) is 0 Å². The second kappa shape index (κ2) is 4.13. The third kappa shape index (κ3) is 1.92. The van der Waals surface area contributed by atoms with Crippen LogP contribution in [0.15, 0.2) is 48.5 Å². The van der Waals surface area contributed by atoms with Crippen LogP contribution in [-0.4, -0.2) is 4.90 Å². The minimum Gasteiger partial charge on any atom is -0.325 e. The maximum atomic E-state index is 3.78. The maximum Gasteiger partial charge on any atom is 0.0441 e. The quantitative estimate of drug-likeness (QED) is 0.621. The SMILES string of the molecule is C=CN1C=CC=C(C(C)C)/C1=C/C. The van der Waals surface area contributed by atoms with Gasteiger partial charge in [-0.25, -0.2) is 0 Å². The van der Waals surface area contributed by atoms with Crippen LogP contribution in [0.5, 0.6) is 0 Å². The first-order valence-corrected chi connectivity index (χ1v) is 4.66. The van der Waals surface area contributed by atoms with Gasteiger partial charge in [0.15, 0.2) is 0 Å². The van der Waals surface area contributed by atoms with Gasteiger partial charge in [-0.1, -0.05) is 32.6 Å². The van der Waals surface area contributed by atoms with Crippen molar-refractivity contribution in [2.75, 3.05) is 0 Å². The Morgan fingerprint density at radius 3 is 2.62 bits per heavy atom. The predicted molar refractivity (Wildman–Crippen MR) is 57.9 cm³/mol. The van der Waals surface area contributed by atoms with Crippen molar-refractivity contribution in [1.29, 1.82) is 0 Å². The van der Waals surface area contributed by atoms with E-state index in [0.29, 0.717) is 5.92 Å². The third-order valence-electron chi connectivity index (χ3n) is 2.19. The molecule has 0 radical (unpaired) electrons. The molecular weight excluding hydrogens is 158 g/mol. The van der Waals surface area contributed by atoms with E-state index >= 15 is 0 Å². The highest BCUT2D eigenvalue weighted by atomic mass is 15.1. The van der Waals surface area contributed by atoms with Gasteiger partial charge in [0.1, 0.15) is 0 Å². The van der Waals surface area contributed by atoms with E-state index in [1.54, 1.807) is 0 Å². The molecule has 0 saturated heterocycles. The van der Waals surface area contributed by atoms with E-state index in [4.69, 9.17) is 0 Å². The summed E-state index contributed by atoms with van der Waals surface area (Å²) >= 11 is 0. The van der Waals surface area contributed by atoms with Gasteiger partial charge >= 0.3 is 0 Å². The monoisotopic (exact) mass is 175 g/mol. The first kappa shape index (κ1) is 9.85. The molecule has 0 bridgehead atoms. The molecule has 1 rings (SSSR count). The molecule has 0 aromatic carbocycles. The van der Waals surface area contributed by atoms with Crippen molar-refractivity contribution in [3.8, 4) is 0 Å². The molecule has 0 atom stereocenters. The molecule has 0 amide bonds. The number of hydrogen-bond acceptors (Lipinski definition) is 1. The number of nitrogens with zero attached hydrogens (tertiary/aromatic N) is 1. The second-order valence-corrected chi connectivity index (χ2v) is 3.38. The van der Waals surface area contributed by atoms with Crippen molar-refractivity contribution >= 4 is 0 Å². The molecule has 1 nitrogen and oxygen atoms in total. The summed E-state index contributed by atoms with van der Waals surface area (Å²) in [6.45, 7) is 10.2. The zero-order valence-corrected chi connectivity index (χ0v) is 8.62. The van der Waals surface area contributed by atoms with Gasteiger partial charge in [-0.2, -0.15) is 0 Å². The largest absolute Gasteiger partial charge is 0.325 e. The summed E-state index contributed by atoms with van der Waals surface area (Å²) in [5.41, 5.74) is 2.61. The van der Waals surface area contributed by atoms with Gasteiger partial charge in [-0.05, 0) is 24.5 Å². The van der Waals surface area contributed by atoms with Crippen LogP contribution < -0.4 is 0 Å². The van der Waals surface area contributed by atoms with Crippen molar-refractivity contribution in [1.82, 2.24) is 4.90 Å². The molecule has 0 unspecified atom stereocenters. The van der Waals surface area contributed by atoms with Crippen LogP contribution in [0.2, 0.25) is 0 Å². The Labute approximate surface area is 80.7 Å². The summed E-state index contributed by atoms with van der Waals surface area (Å²) in [6, 6.07) is 0. The highest BCUT2D eigenvalue weighted by Gasteiger charge is 2.14. The van der Waals surface area contributed by atoms with E-state index < -0.39 is 0 Å². The molecule has 0 saturated carbocycles. The summed E-state index contributed by atoms with van der Waals surface area (Å²) in [5, 5.41) is 0. The molecule has 1 aliphatic heterocycles.